The van der Waals surface area contributed by atoms with E-state index >= 15 is 0 Å². The molecule has 252 valence electrons. The van der Waals surface area contributed by atoms with Gasteiger partial charge < -0.3 is 24.6 Å². The van der Waals surface area contributed by atoms with Crippen LogP contribution in [0.15, 0.2) is 65.6 Å². The van der Waals surface area contributed by atoms with Crippen LogP contribution < -0.4 is 14.8 Å². The molecule has 0 aliphatic carbocycles. The van der Waals surface area contributed by atoms with Gasteiger partial charge in [-0.1, -0.05) is 54.6 Å². The maximum atomic E-state index is 13.5. The van der Waals surface area contributed by atoms with E-state index in [1.54, 1.807) is 6.08 Å². The highest BCUT2D eigenvalue weighted by Gasteiger charge is 2.32. The monoisotopic (exact) mass is 709 g/mol. The maximum Gasteiger partial charge on any atom is 0.335 e. The van der Waals surface area contributed by atoms with Gasteiger partial charge in [-0.2, -0.15) is 0 Å². The van der Waals surface area contributed by atoms with E-state index < -0.39 is 5.97 Å². The van der Waals surface area contributed by atoms with Crippen LogP contribution in [-0.2, 0) is 14.3 Å². The van der Waals surface area contributed by atoms with Gasteiger partial charge in [0.2, 0.25) is 5.91 Å². The first-order chi connectivity index (χ1) is 23.2. The lowest BCUT2D eigenvalue weighted by Crippen LogP contribution is -2.38. The van der Waals surface area contributed by atoms with E-state index in [1.165, 1.54) is 40.9 Å². The fourth-order valence-electron chi connectivity index (χ4n) is 5.06. The van der Waals surface area contributed by atoms with Crippen molar-refractivity contribution in [3.8, 4) is 22.6 Å². The quantitative estimate of drug-likeness (QED) is 0.143. The average Bonchev–Trinajstić information content (AvgIpc) is 3.35. The Kier molecular flexibility index (Phi) is 12.5. The minimum Gasteiger partial charge on any atom is -0.492 e. The Hall–Kier alpha value is -3.94. The highest BCUT2D eigenvalue weighted by molar-refractivity contribution is 8.26. The largest absolute Gasteiger partial charge is 0.492 e. The van der Waals surface area contributed by atoms with Crippen molar-refractivity contribution in [2.75, 3.05) is 57.9 Å². The lowest BCUT2D eigenvalue weighted by molar-refractivity contribution is -0.122. The maximum absolute atomic E-state index is 13.5. The third kappa shape index (κ3) is 9.36. The van der Waals surface area contributed by atoms with E-state index in [1.807, 2.05) is 43.3 Å². The van der Waals surface area contributed by atoms with Crippen LogP contribution in [0.1, 0.15) is 35.7 Å². The fourth-order valence-corrected chi connectivity index (χ4v) is 6.59. The smallest absolute Gasteiger partial charge is 0.335 e. The number of carboxylic acids is 1. The summed E-state index contributed by atoms with van der Waals surface area (Å²) in [4.78, 5) is 41.3. The Bertz CT molecular complexity index is 1690. The lowest BCUT2D eigenvalue weighted by Gasteiger charge is -2.26. The molecule has 0 aromatic heterocycles. The van der Waals surface area contributed by atoms with Crippen molar-refractivity contribution in [1.82, 2.24) is 9.80 Å². The Morgan fingerprint density at radius 3 is 2.38 bits per heavy atom. The summed E-state index contributed by atoms with van der Waals surface area (Å²) in [5.74, 6) is -0.429. The zero-order valence-electron chi connectivity index (χ0n) is 26.4. The SMILES string of the molecule is CCCOc1ccc(-c2ccc(OCCN3CCOCC3)c(C=C3SC(=S)N(CCC(=O)Nc4ccc(C(=O)O)cc4)C3=O)c2)cc1Cl. The first kappa shape index (κ1) is 35.4. The minimum absolute atomic E-state index is 0.00448. The molecule has 5 rings (SSSR count). The number of hydrogen-bond acceptors (Lipinski definition) is 9. The Morgan fingerprint density at radius 2 is 1.69 bits per heavy atom. The van der Waals surface area contributed by atoms with Crippen molar-refractivity contribution in [3.63, 3.8) is 0 Å². The third-order valence-corrected chi connectivity index (χ3v) is 9.32. The average molecular weight is 710 g/mol. The molecular formula is C35H36ClN3O7S2. The number of ether oxygens (including phenoxy) is 3. The van der Waals surface area contributed by atoms with Crippen LogP contribution in [0.4, 0.5) is 5.69 Å². The topological polar surface area (TPSA) is 118 Å². The molecule has 2 fully saturated rings. The molecule has 2 heterocycles. The molecule has 10 nitrogen and oxygen atoms in total. The first-order valence-corrected chi connectivity index (χ1v) is 17.2. The van der Waals surface area contributed by atoms with Gasteiger partial charge in [-0.05, 0) is 72.2 Å². The number of anilines is 1. The van der Waals surface area contributed by atoms with Crippen molar-refractivity contribution in [2.24, 2.45) is 0 Å². The van der Waals surface area contributed by atoms with Crippen LogP contribution in [0.3, 0.4) is 0 Å². The van der Waals surface area contributed by atoms with Gasteiger partial charge in [0.25, 0.3) is 5.91 Å². The van der Waals surface area contributed by atoms with Gasteiger partial charge in [0.1, 0.15) is 22.4 Å². The standard InChI is InChI=1S/C35H36ClN3O7S2/c1-2-16-45-30-10-6-25(21-28(30)36)24-5-9-29(46-19-15-38-13-17-44-18-14-38)26(20-24)22-31-33(41)39(35(47)48-31)12-11-32(40)37-27-7-3-23(4-8-27)34(42)43/h3-10,20-22H,2,11-19H2,1H3,(H,37,40)(H,42,43). The molecular weight excluding hydrogens is 674 g/mol. The zero-order valence-corrected chi connectivity index (χ0v) is 28.8. The van der Waals surface area contributed by atoms with E-state index in [-0.39, 0.29) is 30.3 Å². The van der Waals surface area contributed by atoms with Crippen LogP contribution in [0, 0.1) is 0 Å². The Balaban J connectivity index is 1.31. The summed E-state index contributed by atoms with van der Waals surface area (Å²) in [6.07, 6.45) is 2.65. The molecule has 0 unspecified atom stereocenters. The van der Waals surface area contributed by atoms with Crippen LogP contribution in [0.5, 0.6) is 11.5 Å². The summed E-state index contributed by atoms with van der Waals surface area (Å²) in [6.45, 7) is 7.02. The molecule has 2 aliphatic heterocycles. The molecule has 2 amide bonds. The number of rotatable bonds is 14. The fraction of sp³-hybridized carbons (Fsp3) is 0.314. The van der Waals surface area contributed by atoms with E-state index in [9.17, 15) is 14.4 Å². The molecule has 2 N–H and O–H groups in total. The molecule has 3 aromatic rings. The number of carbonyl (C=O) groups excluding carboxylic acids is 2. The van der Waals surface area contributed by atoms with Crippen LogP contribution in [-0.4, -0.2) is 89.6 Å². The number of hydrogen-bond donors (Lipinski definition) is 2. The van der Waals surface area contributed by atoms with Crippen LogP contribution in [0.25, 0.3) is 17.2 Å². The van der Waals surface area contributed by atoms with Gasteiger partial charge in [0, 0.05) is 43.9 Å². The molecule has 3 aromatic carbocycles. The normalized spacial score (nSPS) is 16.0. The van der Waals surface area contributed by atoms with Gasteiger partial charge in [0.05, 0.1) is 35.3 Å². The number of nitrogens with zero attached hydrogens (tertiary/aromatic N) is 2. The lowest BCUT2D eigenvalue weighted by atomic mass is 10.0. The van der Waals surface area contributed by atoms with Crippen LogP contribution in [0.2, 0.25) is 5.02 Å². The number of benzene rings is 3. The second-order valence-electron chi connectivity index (χ2n) is 11.1. The summed E-state index contributed by atoms with van der Waals surface area (Å²) in [5, 5.41) is 12.3. The second kappa shape index (κ2) is 16.9. The predicted octanol–water partition coefficient (Wildman–Crippen LogP) is 6.44. The minimum atomic E-state index is -1.05. The number of thioether (sulfide) groups is 1. The van der Waals surface area contributed by atoms with Crippen molar-refractivity contribution in [2.45, 2.75) is 19.8 Å². The Labute approximate surface area is 294 Å². The molecule has 0 radical (unpaired) electrons. The third-order valence-electron chi connectivity index (χ3n) is 7.64. The summed E-state index contributed by atoms with van der Waals surface area (Å²) in [5.41, 5.74) is 3.05. The predicted molar refractivity (Wildman–Crippen MR) is 192 cm³/mol. The molecule has 2 aliphatic rings. The van der Waals surface area contributed by atoms with Crippen LogP contribution >= 0.6 is 35.6 Å². The highest BCUT2D eigenvalue weighted by Crippen LogP contribution is 2.37. The summed E-state index contributed by atoms with van der Waals surface area (Å²) in [6, 6.07) is 17.3. The van der Waals surface area contributed by atoms with Gasteiger partial charge in [0.15, 0.2) is 0 Å². The van der Waals surface area contributed by atoms with Gasteiger partial charge in [-0.3, -0.25) is 19.4 Å². The van der Waals surface area contributed by atoms with Gasteiger partial charge in [-0.25, -0.2) is 4.79 Å². The van der Waals surface area contributed by atoms with E-state index in [0.717, 1.165) is 37.2 Å². The number of aromatic carboxylic acids is 1. The summed E-state index contributed by atoms with van der Waals surface area (Å²) >= 11 is 13.2. The number of amides is 2. The second-order valence-corrected chi connectivity index (χ2v) is 13.1. The molecule has 0 atom stereocenters. The van der Waals surface area contributed by atoms with Gasteiger partial charge >= 0.3 is 5.97 Å². The van der Waals surface area contributed by atoms with E-state index in [2.05, 4.69) is 10.2 Å². The molecule has 0 saturated carbocycles. The van der Waals surface area contributed by atoms with E-state index in [4.69, 9.17) is 43.1 Å². The molecule has 2 saturated heterocycles. The number of thiocarbonyl (C=S) groups is 1. The van der Waals surface area contributed by atoms with Gasteiger partial charge in [-0.15, -0.1) is 0 Å². The van der Waals surface area contributed by atoms with Crippen molar-refractivity contribution >= 4 is 69.4 Å². The Morgan fingerprint density at radius 1 is 1.00 bits per heavy atom. The number of morpholine rings is 1. The number of carbonyl (C=O) groups is 3. The number of nitrogens with one attached hydrogen (secondary N) is 1. The highest BCUT2D eigenvalue weighted by atomic mass is 35.5. The number of halogens is 1. The van der Waals surface area contributed by atoms with Crippen molar-refractivity contribution in [1.29, 1.82) is 0 Å². The molecule has 0 bridgehead atoms. The first-order valence-electron chi connectivity index (χ1n) is 15.6. The van der Waals surface area contributed by atoms with Crippen molar-refractivity contribution < 1.29 is 33.7 Å². The number of carboxylic acid groups (broad SMARTS) is 1. The summed E-state index contributed by atoms with van der Waals surface area (Å²) < 4.78 is 17.8. The zero-order chi connectivity index (χ0) is 34.0. The molecule has 13 heteroatoms. The summed E-state index contributed by atoms with van der Waals surface area (Å²) in [7, 11) is 0. The van der Waals surface area contributed by atoms with E-state index in [0.29, 0.717) is 63.4 Å². The molecule has 48 heavy (non-hydrogen) atoms. The van der Waals surface area contributed by atoms with Crippen molar-refractivity contribution in [3.05, 3.63) is 81.7 Å². The molecule has 0 spiro atoms.